The molecule has 0 spiro atoms. The molecule has 0 bridgehead atoms. The van der Waals surface area contributed by atoms with E-state index < -0.39 is 0 Å². The molecule has 0 N–H and O–H groups in total. The molecule has 0 aromatic rings. The van der Waals surface area contributed by atoms with Crippen LogP contribution in [0.4, 0.5) is 0 Å². The zero-order valence-electron chi connectivity index (χ0n) is 24.2. The smallest absolute Gasteiger partial charge is 0.0717 e. The average Bonchev–Trinajstić information content (AvgIpc) is 3.58. The highest BCUT2D eigenvalue weighted by atomic mass is 32.3. The van der Waals surface area contributed by atoms with Crippen LogP contribution in [0.1, 0.15) is 58.3 Å². The van der Waals surface area contributed by atoms with Gasteiger partial charge in [0.15, 0.2) is 0 Å². The van der Waals surface area contributed by atoms with E-state index in [0.29, 0.717) is 39.6 Å². The van der Waals surface area contributed by atoms with Gasteiger partial charge in [-0.25, -0.2) is 0 Å². The molecule has 3 heterocycles. The van der Waals surface area contributed by atoms with E-state index in [2.05, 4.69) is 43.1 Å². The van der Waals surface area contributed by atoms with Gasteiger partial charge in [-0.15, -0.1) is 47.0 Å². The second kappa shape index (κ2) is 25.3. The molecule has 3 aliphatic heterocycles. The van der Waals surface area contributed by atoms with E-state index in [0.717, 1.165) is 30.5 Å². The highest BCUT2D eigenvalue weighted by Crippen LogP contribution is 2.66. The van der Waals surface area contributed by atoms with Crippen LogP contribution < -0.4 is 0 Å². The van der Waals surface area contributed by atoms with Gasteiger partial charge in [0.05, 0.1) is 78.3 Å². The quantitative estimate of drug-likeness (QED) is 0.145. The lowest BCUT2D eigenvalue weighted by Crippen LogP contribution is -2.13. The van der Waals surface area contributed by atoms with E-state index in [-0.39, 0.29) is 0 Å². The number of ether oxygens (including phenoxy) is 4. The van der Waals surface area contributed by atoms with Gasteiger partial charge in [-0.3, -0.25) is 0 Å². The maximum absolute atomic E-state index is 5.82. The number of thiol groups is 1. The van der Waals surface area contributed by atoms with Gasteiger partial charge < -0.3 is 18.9 Å². The summed E-state index contributed by atoms with van der Waals surface area (Å²) in [4.78, 5) is 0. The lowest BCUT2D eigenvalue weighted by Gasteiger charge is -2.09. The molecule has 0 aromatic heterocycles. The summed E-state index contributed by atoms with van der Waals surface area (Å²) < 4.78 is 31.7. The molecule has 41 heavy (non-hydrogen) atoms. The third-order valence-electron chi connectivity index (χ3n) is 5.80. The van der Waals surface area contributed by atoms with Gasteiger partial charge >= 0.3 is 0 Å². The van der Waals surface area contributed by atoms with Crippen molar-refractivity contribution >= 4 is 107 Å². The lowest BCUT2D eigenvalue weighted by molar-refractivity contribution is 0.00147. The molecule has 0 radical (unpaired) electrons. The zero-order chi connectivity index (χ0) is 28.8. The molecule has 0 aromatic carbocycles. The maximum Gasteiger partial charge on any atom is 0.0717 e. The van der Waals surface area contributed by atoms with Crippen molar-refractivity contribution in [3.8, 4) is 0 Å². The minimum atomic E-state index is 0.607. The summed E-state index contributed by atoms with van der Waals surface area (Å²) in [5, 5.41) is 0. The topological polar surface area (TPSA) is 36.9 Å². The van der Waals surface area contributed by atoms with Crippen molar-refractivity contribution in [3.05, 3.63) is 25.4 Å². The Balaban J connectivity index is 1.57. The molecule has 0 fully saturated rings. The molecule has 0 atom stereocenters. The van der Waals surface area contributed by atoms with Crippen LogP contribution in [0.15, 0.2) is 25.4 Å². The summed E-state index contributed by atoms with van der Waals surface area (Å²) in [6.45, 7) is 7.49. The van der Waals surface area contributed by atoms with Crippen molar-refractivity contribution in [1.29, 1.82) is 0 Å². The monoisotopic (exact) mass is 734 g/mol. The predicted molar refractivity (Wildman–Crippen MR) is 201 cm³/mol. The van der Waals surface area contributed by atoms with Crippen LogP contribution in [-0.4, -0.2) is 81.6 Å². The van der Waals surface area contributed by atoms with E-state index in [9.17, 15) is 0 Å². The summed E-state index contributed by atoms with van der Waals surface area (Å²) in [6, 6.07) is 0. The Morgan fingerprint density at radius 3 is 1.46 bits per heavy atom. The van der Waals surface area contributed by atoms with Gasteiger partial charge in [0.25, 0.3) is 0 Å². The van der Waals surface area contributed by atoms with Crippen LogP contribution in [0, 0.1) is 0 Å². The molecule has 4 nitrogen and oxygen atoms in total. The zero-order valence-corrected chi connectivity index (χ0v) is 31.6. The number of rotatable bonds is 13. The van der Waals surface area contributed by atoms with E-state index in [4.69, 9.17) is 18.9 Å². The first-order valence-electron chi connectivity index (χ1n) is 14.7. The lowest BCUT2D eigenvalue weighted by atomic mass is 10.2. The molecule has 0 amide bonds. The summed E-state index contributed by atoms with van der Waals surface area (Å²) >= 11 is 20.4. The first-order valence-corrected chi connectivity index (χ1v) is 22.5. The first kappa shape index (κ1) is 37.7. The molecule has 3 rings (SSSR count). The third-order valence-corrected chi connectivity index (χ3v) is 17.8. The average molecular weight is 735 g/mol. The van der Waals surface area contributed by atoms with Crippen molar-refractivity contribution in [3.63, 3.8) is 0 Å². The number of hydrogen-bond acceptors (Lipinski definition) is 13. The fourth-order valence-electron chi connectivity index (χ4n) is 3.64. The summed E-state index contributed by atoms with van der Waals surface area (Å²) in [6.07, 6.45) is 10.5. The Kier molecular flexibility index (Phi) is 23.3. The Hall–Kier alpha value is 2.21. The molecule has 0 unspecified atom stereocenters. The van der Waals surface area contributed by atoms with E-state index >= 15 is 0 Å². The second-order valence-electron chi connectivity index (χ2n) is 9.17. The Morgan fingerprint density at radius 1 is 0.537 bits per heavy atom. The van der Waals surface area contributed by atoms with E-state index in [1.807, 2.05) is 70.6 Å². The highest BCUT2D eigenvalue weighted by molar-refractivity contribution is 8.45. The van der Waals surface area contributed by atoms with Gasteiger partial charge in [-0.1, -0.05) is 86.1 Å². The van der Waals surface area contributed by atoms with Gasteiger partial charge in [0.1, 0.15) is 0 Å². The number of unbranched alkanes of at least 4 members (excludes halogenated alkanes) is 6. The van der Waals surface area contributed by atoms with Crippen molar-refractivity contribution < 1.29 is 18.9 Å². The Morgan fingerprint density at radius 2 is 0.976 bits per heavy atom. The highest BCUT2D eigenvalue weighted by Gasteiger charge is 2.30. The fraction of sp³-hybridized carbons (Fsp3) is 0.786. The largest absolute Gasteiger partial charge is 0.378 e. The maximum atomic E-state index is 5.82. The number of hydrogen-bond donors (Lipinski definition) is 1. The van der Waals surface area contributed by atoms with Crippen molar-refractivity contribution in [2.75, 3.05) is 81.6 Å². The van der Waals surface area contributed by atoms with Gasteiger partial charge in [-0.05, 0) is 36.5 Å². The van der Waals surface area contributed by atoms with Gasteiger partial charge in [0.2, 0.25) is 0 Å². The Bertz CT molecular complexity index is 790. The third kappa shape index (κ3) is 16.6. The predicted octanol–water partition coefficient (Wildman–Crippen LogP) is 10.4. The molecular weight excluding hydrogens is 689 g/mol. The molecule has 0 saturated heterocycles. The van der Waals surface area contributed by atoms with Crippen LogP contribution in [0.3, 0.4) is 0 Å². The van der Waals surface area contributed by atoms with Crippen LogP contribution in [0.5, 0.6) is 0 Å². The minimum Gasteiger partial charge on any atom is -0.378 e. The van der Waals surface area contributed by atoms with Crippen molar-refractivity contribution in [2.24, 2.45) is 0 Å². The van der Waals surface area contributed by atoms with Crippen LogP contribution >= 0.6 is 107 Å². The molecule has 236 valence electrons. The van der Waals surface area contributed by atoms with Crippen molar-refractivity contribution in [2.45, 2.75) is 58.3 Å². The van der Waals surface area contributed by atoms with Crippen molar-refractivity contribution in [1.82, 2.24) is 0 Å². The molecule has 3 aliphatic rings. The van der Waals surface area contributed by atoms with Gasteiger partial charge in [0, 0.05) is 11.5 Å². The number of thioether (sulfide) groups is 8. The molecular formula is C28H46O4S9. The molecule has 0 aliphatic carbocycles. The summed E-state index contributed by atoms with van der Waals surface area (Å²) in [5.74, 6) is 5.37. The summed E-state index contributed by atoms with van der Waals surface area (Å²) in [7, 11) is 0. The standard InChI is InChI=1S/C28H46O4S9/c1-2-3-4-8-19-34-23-24(35-20-9-6-5-7-18-33)39-27(38-23)28-40-25-26(41-28)37-22-17-32-15-13-30-11-10-29-12-14-31-16-21-36-25/h33H,2-22H2,1H3. The fourth-order valence-corrected chi connectivity index (χ4v) is 15.8. The SMILES string of the molecule is CCCCCCSC1=C(SCCCCCCS)SC(=C2SC3=C(SCCOCCOCCOCCOCCS3)S2)S1. The molecule has 0 saturated carbocycles. The normalized spacial score (nSPS) is 20.9. The Labute approximate surface area is 288 Å². The van der Waals surface area contributed by atoms with Crippen LogP contribution in [-0.2, 0) is 18.9 Å². The molecule has 13 heteroatoms. The van der Waals surface area contributed by atoms with Crippen LogP contribution in [0.2, 0.25) is 0 Å². The first-order chi connectivity index (χ1) is 20.3. The summed E-state index contributed by atoms with van der Waals surface area (Å²) in [5.41, 5.74) is 0. The van der Waals surface area contributed by atoms with E-state index in [1.54, 1.807) is 0 Å². The minimum absolute atomic E-state index is 0.607. The van der Waals surface area contributed by atoms with E-state index in [1.165, 1.54) is 88.3 Å². The second-order valence-corrected chi connectivity index (χ2v) is 19.7. The van der Waals surface area contributed by atoms with Crippen LogP contribution in [0.25, 0.3) is 0 Å². The van der Waals surface area contributed by atoms with Gasteiger partial charge in [-0.2, -0.15) is 12.6 Å².